The van der Waals surface area contributed by atoms with Crippen molar-refractivity contribution >= 4 is 40.1 Å². The Balaban J connectivity index is 1.32. The molecule has 9 heteroatoms. The number of aromatic amines is 1. The van der Waals surface area contributed by atoms with Gasteiger partial charge in [0, 0.05) is 66.8 Å². The fourth-order valence-electron chi connectivity index (χ4n) is 5.38. The number of hydrogen-bond acceptors (Lipinski definition) is 8. The highest BCUT2D eigenvalue weighted by molar-refractivity contribution is 5.95. The minimum Gasteiger partial charge on any atom is -0.369 e. The second-order valence-corrected chi connectivity index (χ2v) is 9.20. The van der Waals surface area contributed by atoms with Crippen molar-refractivity contribution in [3.8, 4) is 6.07 Å². The molecule has 34 heavy (non-hydrogen) atoms. The van der Waals surface area contributed by atoms with Gasteiger partial charge in [-0.1, -0.05) is 12.8 Å². The predicted molar refractivity (Wildman–Crippen MR) is 133 cm³/mol. The van der Waals surface area contributed by atoms with Crippen LogP contribution in [0.2, 0.25) is 0 Å². The van der Waals surface area contributed by atoms with E-state index in [0.717, 1.165) is 74.0 Å². The molecule has 4 heterocycles. The molecule has 0 spiro atoms. The van der Waals surface area contributed by atoms with E-state index in [0.29, 0.717) is 17.3 Å². The second kappa shape index (κ2) is 8.63. The minimum absolute atomic E-state index is 0.173. The largest absolute Gasteiger partial charge is 0.369 e. The van der Waals surface area contributed by atoms with E-state index in [1.54, 1.807) is 12.3 Å². The smallest absolute Gasteiger partial charge is 0.229 e. The Kier molecular flexibility index (Phi) is 5.32. The molecule has 2 aliphatic heterocycles. The number of H-pyrrole nitrogens is 1. The zero-order valence-corrected chi connectivity index (χ0v) is 19.0. The fraction of sp³-hybridized carbons (Fsp3) is 0.400. The molecule has 2 aromatic heterocycles. The summed E-state index contributed by atoms with van der Waals surface area (Å²) in [6.07, 6.45) is 8.75. The summed E-state index contributed by atoms with van der Waals surface area (Å²) >= 11 is 0. The molecule has 1 saturated heterocycles. The first-order chi connectivity index (χ1) is 16.7. The number of piperazine rings is 1. The summed E-state index contributed by atoms with van der Waals surface area (Å²) in [6.45, 7) is 3.93. The molecule has 0 bridgehead atoms. The van der Waals surface area contributed by atoms with Crippen molar-refractivity contribution in [2.45, 2.75) is 38.0 Å². The van der Waals surface area contributed by atoms with Crippen LogP contribution in [-0.4, -0.2) is 58.5 Å². The van der Waals surface area contributed by atoms with Crippen LogP contribution < -0.4 is 20.4 Å². The van der Waals surface area contributed by atoms with Crippen molar-refractivity contribution < 1.29 is 5.11 Å². The van der Waals surface area contributed by atoms with Gasteiger partial charge in [0.15, 0.2) is 6.23 Å². The lowest BCUT2D eigenvalue weighted by atomic mass is 10.0. The number of aliphatic hydroxyl groups is 1. The molecule has 2 fully saturated rings. The number of rotatable bonds is 4. The molecule has 3 aromatic rings. The summed E-state index contributed by atoms with van der Waals surface area (Å²) in [5.74, 6) is 1.15. The standard InChI is InChI=1S/C25H28N8O/c26-13-16-11-17-14-29-25(31-23(17)33(24(16)34)19-3-1-2-4-19)30-18-5-6-21-20(12-18)22(15-28-21)32-9-7-27-8-10-32/h5-6,11-12,14-15,19,24,27-28,34H,1-4,7-10H2,(H,29,30,31). The third-order valence-corrected chi connectivity index (χ3v) is 7.11. The Morgan fingerprint density at radius 3 is 2.79 bits per heavy atom. The molecule has 1 unspecified atom stereocenters. The molecule has 174 valence electrons. The molecule has 1 aliphatic carbocycles. The quantitative estimate of drug-likeness (QED) is 0.473. The molecule has 4 N–H and O–H groups in total. The monoisotopic (exact) mass is 456 g/mol. The second-order valence-electron chi connectivity index (χ2n) is 9.20. The van der Waals surface area contributed by atoms with Crippen LogP contribution in [0.25, 0.3) is 17.0 Å². The molecule has 0 amide bonds. The van der Waals surface area contributed by atoms with Crippen LogP contribution in [0.5, 0.6) is 0 Å². The Hall–Kier alpha value is -3.61. The van der Waals surface area contributed by atoms with E-state index in [4.69, 9.17) is 4.98 Å². The normalized spacial score (nSPS) is 20.8. The minimum atomic E-state index is -0.971. The SMILES string of the molecule is N#CC1=Cc2cnc(Nc3ccc4[nH]cc(N5CCNCC5)c4c3)nc2N(C2CCCC2)C1O. The van der Waals surface area contributed by atoms with Gasteiger partial charge in [0.2, 0.25) is 5.95 Å². The van der Waals surface area contributed by atoms with E-state index in [2.05, 4.69) is 49.9 Å². The topological polar surface area (TPSA) is 116 Å². The van der Waals surface area contributed by atoms with Crippen LogP contribution in [0, 0.1) is 11.3 Å². The Morgan fingerprint density at radius 2 is 2.00 bits per heavy atom. The lowest BCUT2D eigenvalue weighted by Gasteiger charge is -2.37. The van der Waals surface area contributed by atoms with Crippen LogP contribution in [0.4, 0.5) is 23.1 Å². The molecular weight excluding hydrogens is 428 g/mol. The first-order valence-corrected chi connectivity index (χ1v) is 12.0. The highest BCUT2D eigenvalue weighted by Gasteiger charge is 2.35. The third-order valence-electron chi connectivity index (χ3n) is 7.11. The van der Waals surface area contributed by atoms with Gasteiger partial charge in [0.05, 0.1) is 17.3 Å². The van der Waals surface area contributed by atoms with Gasteiger partial charge in [0.1, 0.15) is 5.82 Å². The van der Waals surface area contributed by atoms with Gasteiger partial charge in [-0.3, -0.25) is 0 Å². The number of aromatic nitrogens is 3. The third kappa shape index (κ3) is 3.65. The number of nitriles is 1. The summed E-state index contributed by atoms with van der Waals surface area (Å²) in [5, 5.41) is 28.3. The predicted octanol–water partition coefficient (Wildman–Crippen LogP) is 3.10. The van der Waals surface area contributed by atoms with Crippen molar-refractivity contribution in [3.63, 3.8) is 0 Å². The highest BCUT2D eigenvalue weighted by Crippen LogP contribution is 2.37. The molecule has 1 saturated carbocycles. The first-order valence-electron chi connectivity index (χ1n) is 12.0. The number of aliphatic hydroxyl groups excluding tert-OH is 1. The summed E-state index contributed by atoms with van der Waals surface area (Å²) in [5.41, 5.74) is 4.30. The van der Waals surface area contributed by atoms with Gasteiger partial charge < -0.3 is 30.5 Å². The number of hydrogen-bond donors (Lipinski definition) is 4. The van der Waals surface area contributed by atoms with E-state index in [1.165, 1.54) is 5.69 Å². The summed E-state index contributed by atoms with van der Waals surface area (Å²) in [4.78, 5) is 17.0. The fourth-order valence-corrected chi connectivity index (χ4v) is 5.38. The van der Waals surface area contributed by atoms with Crippen molar-refractivity contribution in [3.05, 3.63) is 41.7 Å². The number of fused-ring (bicyclic) bond motifs is 2. The lowest BCUT2D eigenvalue weighted by molar-refractivity contribution is 0.194. The summed E-state index contributed by atoms with van der Waals surface area (Å²) in [7, 11) is 0. The van der Waals surface area contributed by atoms with E-state index >= 15 is 0 Å². The van der Waals surface area contributed by atoms with Gasteiger partial charge in [-0.2, -0.15) is 10.2 Å². The molecule has 6 rings (SSSR count). The molecule has 3 aliphatic rings. The number of nitrogens with zero attached hydrogens (tertiary/aromatic N) is 5. The van der Waals surface area contributed by atoms with Gasteiger partial charge in [-0.05, 0) is 37.1 Å². The number of anilines is 4. The maximum absolute atomic E-state index is 10.9. The zero-order valence-electron chi connectivity index (χ0n) is 19.0. The molecular formula is C25H28N8O. The average Bonchev–Trinajstić information content (AvgIpc) is 3.54. The van der Waals surface area contributed by atoms with Crippen molar-refractivity contribution in [1.29, 1.82) is 5.26 Å². The number of nitrogens with one attached hydrogen (secondary N) is 3. The van der Waals surface area contributed by atoms with Gasteiger partial charge in [-0.15, -0.1) is 0 Å². The Morgan fingerprint density at radius 1 is 1.18 bits per heavy atom. The molecule has 1 aromatic carbocycles. The zero-order chi connectivity index (χ0) is 23.1. The summed E-state index contributed by atoms with van der Waals surface area (Å²) < 4.78 is 0. The molecule has 0 radical (unpaired) electrons. The van der Waals surface area contributed by atoms with Crippen LogP contribution in [-0.2, 0) is 0 Å². The average molecular weight is 457 g/mol. The van der Waals surface area contributed by atoms with Crippen molar-refractivity contribution in [2.75, 3.05) is 41.3 Å². The van der Waals surface area contributed by atoms with Crippen molar-refractivity contribution in [2.24, 2.45) is 0 Å². The lowest BCUT2D eigenvalue weighted by Crippen LogP contribution is -2.45. The summed E-state index contributed by atoms with van der Waals surface area (Å²) in [6, 6.07) is 8.52. The van der Waals surface area contributed by atoms with E-state index in [1.807, 2.05) is 11.0 Å². The van der Waals surface area contributed by atoms with Crippen LogP contribution in [0.1, 0.15) is 31.2 Å². The van der Waals surface area contributed by atoms with E-state index in [9.17, 15) is 10.4 Å². The first kappa shape index (κ1) is 21.0. The maximum atomic E-state index is 10.9. The van der Waals surface area contributed by atoms with Crippen LogP contribution in [0.15, 0.2) is 36.2 Å². The Labute approximate surface area is 198 Å². The highest BCUT2D eigenvalue weighted by atomic mass is 16.3. The van der Waals surface area contributed by atoms with Gasteiger partial charge in [0.25, 0.3) is 0 Å². The molecule has 9 nitrogen and oxygen atoms in total. The number of benzene rings is 1. The van der Waals surface area contributed by atoms with Crippen LogP contribution in [0.3, 0.4) is 0 Å². The van der Waals surface area contributed by atoms with Gasteiger partial charge >= 0.3 is 0 Å². The van der Waals surface area contributed by atoms with Gasteiger partial charge in [-0.25, -0.2) is 4.98 Å². The van der Waals surface area contributed by atoms with E-state index in [-0.39, 0.29) is 6.04 Å². The maximum Gasteiger partial charge on any atom is 0.229 e. The van der Waals surface area contributed by atoms with Crippen molar-refractivity contribution in [1.82, 2.24) is 20.3 Å². The molecule has 1 atom stereocenters. The Bertz CT molecular complexity index is 1280. The van der Waals surface area contributed by atoms with E-state index < -0.39 is 6.23 Å². The van der Waals surface area contributed by atoms with Crippen LogP contribution >= 0.6 is 0 Å².